The number of hydrogen-bond donors (Lipinski definition) is 3. The fourth-order valence-electron chi connectivity index (χ4n) is 6.21. The summed E-state index contributed by atoms with van der Waals surface area (Å²) in [6, 6.07) is 15.0. The van der Waals surface area contributed by atoms with Gasteiger partial charge in [-0.25, -0.2) is 0 Å². The number of benzene rings is 2. The molecular formula is C28H33N3O4S. The molecule has 5 atom stereocenters. The van der Waals surface area contributed by atoms with Gasteiger partial charge in [0, 0.05) is 30.6 Å². The minimum absolute atomic E-state index is 0.0192. The standard InChI is InChI=1S/C28H33N3O4S/c1-17-9-10-18(2)20(15-17)30-26(34)24-28-12-11-21(36-28)22(23(28)27(35)31(24)13-6-14-32)25(33)29-16-19-7-4-3-5-8-19/h3-5,7-10,15,21-24,32H,6,11-14,16H2,1-2H3,(H,29,33)(H,30,34)/t21-,22+,23-,24?,28?/m0/s1. The van der Waals surface area contributed by atoms with Gasteiger partial charge in [-0.05, 0) is 55.9 Å². The van der Waals surface area contributed by atoms with Gasteiger partial charge in [0.1, 0.15) is 6.04 Å². The van der Waals surface area contributed by atoms with Crippen molar-refractivity contribution in [1.29, 1.82) is 0 Å². The normalized spacial score (nSPS) is 28.3. The van der Waals surface area contributed by atoms with Crippen molar-refractivity contribution in [2.45, 2.75) is 55.7 Å². The lowest BCUT2D eigenvalue weighted by atomic mass is 9.70. The van der Waals surface area contributed by atoms with Crippen molar-refractivity contribution in [2.75, 3.05) is 18.5 Å². The van der Waals surface area contributed by atoms with Crippen LogP contribution in [0.3, 0.4) is 0 Å². The maximum atomic E-state index is 13.8. The highest BCUT2D eigenvalue weighted by atomic mass is 32.2. The number of aryl methyl sites for hydroxylation is 2. The van der Waals surface area contributed by atoms with Crippen LogP contribution in [0.15, 0.2) is 48.5 Å². The molecule has 5 rings (SSSR count). The van der Waals surface area contributed by atoms with Gasteiger partial charge in [0.05, 0.1) is 16.6 Å². The van der Waals surface area contributed by atoms with Gasteiger partial charge < -0.3 is 20.6 Å². The SMILES string of the molecule is Cc1ccc(C)c(NC(=O)C2N(CCCO)C(=O)[C@@H]3[C@H](C(=O)NCc4ccccc4)[C@@H]4CCC23S4)c1. The monoisotopic (exact) mass is 507 g/mol. The zero-order valence-electron chi connectivity index (χ0n) is 20.7. The van der Waals surface area contributed by atoms with E-state index in [0.29, 0.717) is 19.5 Å². The van der Waals surface area contributed by atoms with Crippen LogP contribution >= 0.6 is 11.8 Å². The Morgan fingerprint density at radius 2 is 1.92 bits per heavy atom. The summed E-state index contributed by atoms with van der Waals surface area (Å²) in [4.78, 5) is 42.7. The van der Waals surface area contributed by atoms with Crippen LogP contribution < -0.4 is 10.6 Å². The zero-order valence-corrected chi connectivity index (χ0v) is 21.5. The molecule has 8 heteroatoms. The number of nitrogens with zero attached hydrogens (tertiary/aromatic N) is 1. The molecule has 0 saturated carbocycles. The summed E-state index contributed by atoms with van der Waals surface area (Å²) < 4.78 is -0.631. The van der Waals surface area contributed by atoms with Gasteiger partial charge in [-0.15, -0.1) is 11.8 Å². The lowest BCUT2D eigenvalue weighted by Gasteiger charge is -2.34. The van der Waals surface area contributed by atoms with Crippen LogP contribution in [0.2, 0.25) is 0 Å². The van der Waals surface area contributed by atoms with E-state index in [1.54, 1.807) is 16.7 Å². The molecule has 0 radical (unpaired) electrons. The number of rotatable bonds is 8. The summed E-state index contributed by atoms with van der Waals surface area (Å²) >= 11 is 1.66. The maximum absolute atomic E-state index is 13.8. The molecule has 0 aromatic heterocycles. The van der Waals surface area contributed by atoms with Crippen molar-refractivity contribution in [3.8, 4) is 0 Å². The predicted octanol–water partition coefficient (Wildman–Crippen LogP) is 3.03. The number of fused-ring (bicyclic) bond motifs is 1. The Kier molecular flexibility index (Phi) is 6.83. The molecule has 2 unspecified atom stereocenters. The fourth-order valence-corrected chi connectivity index (χ4v) is 8.43. The second kappa shape index (κ2) is 9.90. The number of carbonyl (C=O) groups excluding carboxylic acids is 3. The third kappa shape index (κ3) is 4.20. The van der Waals surface area contributed by atoms with E-state index >= 15 is 0 Å². The van der Waals surface area contributed by atoms with E-state index in [0.717, 1.165) is 35.2 Å². The van der Waals surface area contributed by atoms with Crippen LogP contribution in [0.1, 0.15) is 36.0 Å². The molecule has 3 saturated heterocycles. The van der Waals surface area contributed by atoms with Crippen LogP contribution in [-0.4, -0.2) is 56.9 Å². The highest BCUT2D eigenvalue weighted by molar-refractivity contribution is 8.02. The number of thioether (sulfide) groups is 1. The van der Waals surface area contributed by atoms with Crippen LogP contribution in [0.5, 0.6) is 0 Å². The average molecular weight is 508 g/mol. The summed E-state index contributed by atoms with van der Waals surface area (Å²) in [5, 5.41) is 15.6. The van der Waals surface area contributed by atoms with Gasteiger partial charge in [-0.2, -0.15) is 0 Å². The fraction of sp³-hybridized carbons (Fsp3) is 0.464. The predicted molar refractivity (Wildman–Crippen MR) is 140 cm³/mol. The van der Waals surface area contributed by atoms with Crippen molar-refractivity contribution >= 4 is 35.2 Å². The van der Waals surface area contributed by atoms with E-state index in [9.17, 15) is 19.5 Å². The van der Waals surface area contributed by atoms with Crippen LogP contribution in [0.25, 0.3) is 0 Å². The minimum Gasteiger partial charge on any atom is -0.396 e. The Hall–Kier alpha value is -2.84. The van der Waals surface area contributed by atoms with Crippen molar-refractivity contribution < 1.29 is 19.5 Å². The molecule has 0 aliphatic carbocycles. The molecule has 3 aliphatic heterocycles. The number of carbonyl (C=O) groups is 3. The van der Waals surface area contributed by atoms with Crippen molar-refractivity contribution in [3.05, 3.63) is 65.2 Å². The van der Waals surface area contributed by atoms with E-state index in [2.05, 4.69) is 10.6 Å². The van der Waals surface area contributed by atoms with Gasteiger partial charge >= 0.3 is 0 Å². The van der Waals surface area contributed by atoms with E-state index in [-0.39, 0.29) is 29.6 Å². The average Bonchev–Trinajstić information content (AvgIpc) is 3.51. The zero-order chi connectivity index (χ0) is 25.4. The Bertz CT molecular complexity index is 1170. The van der Waals surface area contributed by atoms with E-state index in [1.165, 1.54) is 0 Å². The summed E-state index contributed by atoms with van der Waals surface area (Å²) in [5.74, 6) is -1.47. The third-order valence-electron chi connectivity index (χ3n) is 7.87. The lowest BCUT2D eigenvalue weighted by molar-refractivity contribution is -0.139. The molecule has 7 nitrogen and oxygen atoms in total. The Labute approximate surface area is 216 Å². The summed E-state index contributed by atoms with van der Waals surface area (Å²) in [6.07, 6.45) is 1.92. The number of aliphatic hydroxyl groups is 1. The van der Waals surface area contributed by atoms with Gasteiger partial charge in [0.15, 0.2) is 0 Å². The highest BCUT2D eigenvalue weighted by Crippen LogP contribution is 2.66. The lowest BCUT2D eigenvalue weighted by Crippen LogP contribution is -2.52. The molecule has 3 heterocycles. The number of anilines is 1. The van der Waals surface area contributed by atoms with E-state index in [4.69, 9.17) is 0 Å². The first-order chi connectivity index (χ1) is 17.4. The Morgan fingerprint density at radius 1 is 1.14 bits per heavy atom. The number of amides is 3. The third-order valence-corrected chi connectivity index (χ3v) is 9.82. The summed E-state index contributed by atoms with van der Waals surface area (Å²) in [6.45, 7) is 4.56. The second-order valence-electron chi connectivity index (χ2n) is 10.2. The number of nitrogens with one attached hydrogen (secondary N) is 2. The van der Waals surface area contributed by atoms with E-state index in [1.807, 2.05) is 62.4 Å². The van der Waals surface area contributed by atoms with Gasteiger partial charge in [0.2, 0.25) is 17.7 Å². The van der Waals surface area contributed by atoms with Crippen LogP contribution in [0.4, 0.5) is 5.69 Å². The van der Waals surface area contributed by atoms with Crippen molar-refractivity contribution in [1.82, 2.24) is 10.2 Å². The molecule has 2 aromatic rings. The first-order valence-corrected chi connectivity index (χ1v) is 13.5. The molecule has 190 valence electrons. The van der Waals surface area contributed by atoms with Gasteiger partial charge in [0.25, 0.3) is 0 Å². The Morgan fingerprint density at radius 3 is 2.67 bits per heavy atom. The number of hydrogen-bond acceptors (Lipinski definition) is 5. The first-order valence-electron chi connectivity index (χ1n) is 12.6. The number of likely N-dealkylation sites (tertiary alicyclic amines) is 1. The molecule has 3 aliphatic rings. The van der Waals surface area contributed by atoms with Gasteiger partial charge in [-0.1, -0.05) is 42.5 Å². The molecular weight excluding hydrogens is 474 g/mol. The topological polar surface area (TPSA) is 98.7 Å². The van der Waals surface area contributed by atoms with E-state index < -0.39 is 22.6 Å². The largest absolute Gasteiger partial charge is 0.396 e. The Balaban J connectivity index is 1.42. The molecule has 1 spiro atoms. The summed E-state index contributed by atoms with van der Waals surface area (Å²) in [5.41, 5.74) is 3.74. The first kappa shape index (κ1) is 24.8. The molecule has 3 amide bonds. The second-order valence-corrected chi connectivity index (χ2v) is 11.8. The quantitative estimate of drug-likeness (QED) is 0.510. The van der Waals surface area contributed by atoms with Crippen LogP contribution in [0, 0.1) is 25.7 Å². The highest BCUT2D eigenvalue weighted by Gasteiger charge is 2.73. The molecule has 3 N–H and O–H groups in total. The summed E-state index contributed by atoms with van der Waals surface area (Å²) in [7, 11) is 0. The molecule has 2 bridgehead atoms. The van der Waals surface area contributed by atoms with Crippen LogP contribution in [-0.2, 0) is 20.9 Å². The van der Waals surface area contributed by atoms with Gasteiger partial charge in [-0.3, -0.25) is 14.4 Å². The van der Waals surface area contributed by atoms with Crippen molar-refractivity contribution in [2.24, 2.45) is 11.8 Å². The molecule has 2 aromatic carbocycles. The number of aliphatic hydroxyl groups excluding tert-OH is 1. The molecule has 3 fully saturated rings. The minimum atomic E-state index is -0.677. The maximum Gasteiger partial charge on any atom is 0.248 e. The smallest absolute Gasteiger partial charge is 0.248 e. The molecule has 36 heavy (non-hydrogen) atoms. The van der Waals surface area contributed by atoms with Crippen molar-refractivity contribution in [3.63, 3.8) is 0 Å².